The highest BCUT2D eigenvalue weighted by Crippen LogP contribution is 2.48. The first-order valence-corrected chi connectivity index (χ1v) is 16.1. The monoisotopic (exact) mass is 596 g/mol. The van der Waals surface area contributed by atoms with Crippen molar-refractivity contribution in [1.82, 2.24) is 9.55 Å². The second-order valence-corrected chi connectivity index (χ2v) is 12.4. The summed E-state index contributed by atoms with van der Waals surface area (Å²) < 4.78 is 2.40. The number of aromatic nitrogens is 2. The normalized spacial score (nSPS) is 11.8. The maximum absolute atomic E-state index is 5.09. The van der Waals surface area contributed by atoms with E-state index in [0.717, 1.165) is 16.9 Å². The number of hydrogen-bond donors (Lipinski definition) is 0. The molecule has 0 fully saturated rings. The van der Waals surface area contributed by atoms with Crippen molar-refractivity contribution in [3.8, 4) is 61.5 Å². The number of rotatable bonds is 4. The summed E-state index contributed by atoms with van der Waals surface area (Å²) >= 11 is 0. The molecule has 0 spiro atoms. The second kappa shape index (κ2) is 10.1. The molecule has 2 aromatic heterocycles. The molecular formula is C45H28N2. The Labute approximate surface area is 272 Å². The molecule has 0 saturated heterocycles. The number of benzene rings is 7. The van der Waals surface area contributed by atoms with Crippen LogP contribution < -0.4 is 0 Å². The Bertz CT molecular complexity index is 2650. The quantitative estimate of drug-likeness (QED) is 0.198. The Morgan fingerprint density at radius 3 is 1.87 bits per heavy atom. The van der Waals surface area contributed by atoms with Crippen LogP contribution in [0.25, 0.3) is 94.0 Å². The molecule has 0 aliphatic heterocycles. The van der Waals surface area contributed by atoms with Gasteiger partial charge in [0.15, 0.2) is 0 Å². The topological polar surface area (TPSA) is 17.8 Å². The van der Waals surface area contributed by atoms with Crippen LogP contribution in [0.2, 0.25) is 0 Å². The van der Waals surface area contributed by atoms with E-state index in [-0.39, 0.29) is 0 Å². The highest BCUT2D eigenvalue weighted by atomic mass is 15.0. The lowest BCUT2D eigenvalue weighted by molar-refractivity contribution is 1.18. The molecule has 0 bridgehead atoms. The van der Waals surface area contributed by atoms with Gasteiger partial charge < -0.3 is 4.57 Å². The number of para-hydroxylation sites is 1. The molecule has 47 heavy (non-hydrogen) atoms. The fraction of sp³-hybridized carbons (Fsp3) is 0. The van der Waals surface area contributed by atoms with Crippen LogP contribution in [0, 0.1) is 0 Å². The Kier molecular flexibility index (Phi) is 5.61. The van der Waals surface area contributed by atoms with Crippen molar-refractivity contribution in [3.63, 3.8) is 0 Å². The lowest BCUT2D eigenvalue weighted by atomic mass is 9.98. The van der Waals surface area contributed by atoms with Crippen molar-refractivity contribution < 1.29 is 0 Å². The molecule has 218 valence electrons. The predicted octanol–water partition coefficient (Wildman–Crippen LogP) is 12.0. The maximum atomic E-state index is 5.09. The van der Waals surface area contributed by atoms with E-state index in [1.54, 1.807) is 0 Å². The van der Waals surface area contributed by atoms with Gasteiger partial charge in [-0.2, -0.15) is 0 Å². The molecule has 0 saturated carbocycles. The minimum atomic E-state index is 1.02. The average Bonchev–Trinajstić information content (AvgIpc) is 3.66. The third kappa shape index (κ3) is 3.95. The van der Waals surface area contributed by atoms with Crippen molar-refractivity contribution in [3.05, 3.63) is 170 Å². The fourth-order valence-corrected chi connectivity index (χ4v) is 7.65. The van der Waals surface area contributed by atoms with Crippen LogP contribution in [0.1, 0.15) is 0 Å². The van der Waals surface area contributed by atoms with E-state index < -0.39 is 0 Å². The highest BCUT2D eigenvalue weighted by molar-refractivity contribution is 6.18. The third-order valence-electron chi connectivity index (χ3n) is 9.77. The zero-order chi connectivity index (χ0) is 30.9. The van der Waals surface area contributed by atoms with Crippen LogP contribution in [0.5, 0.6) is 0 Å². The van der Waals surface area contributed by atoms with Gasteiger partial charge in [-0.15, -0.1) is 0 Å². The minimum absolute atomic E-state index is 1.02. The molecule has 0 amide bonds. The summed E-state index contributed by atoms with van der Waals surface area (Å²) in [5, 5.41) is 4.98. The van der Waals surface area contributed by atoms with Gasteiger partial charge in [0.25, 0.3) is 0 Å². The number of hydrogen-bond acceptors (Lipinski definition) is 1. The third-order valence-corrected chi connectivity index (χ3v) is 9.77. The molecule has 0 N–H and O–H groups in total. The lowest BCUT2D eigenvalue weighted by Crippen LogP contribution is -1.95. The van der Waals surface area contributed by atoms with E-state index in [0.29, 0.717) is 0 Å². The first-order valence-electron chi connectivity index (χ1n) is 16.1. The van der Waals surface area contributed by atoms with Gasteiger partial charge in [-0.25, -0.2) is 0 Å². The van der Waals surface area contributed by atoms with E-state index in [4.69, 9.17) is 4.98 Å². The molecule has 10 rings (SSSR count). The van der Waals surface area contributed by atoms with Gasteiger partial charge in [-0.05, 0) is 75.3 Å². The summed E-state index contributed by atoms with van der Waals surface area (Å²) in [4.78, 5) is 5.09. The summed E-state index contributed by atoms with van der Waals surface area (Å²) in [6.45, 7) is 0. The standard InChI is InChI=1S/C45H28N2/c1-2-11-29(12-3-1)30-13-8-14-31(25-30)32-23-24-43-40(27-32)37-19-6-7-22-42(37)47(43)34-16-9-15-33(26-34)45-39-21-10-20-38-35-17-4-5-18-36(35)41(28-46-45)44(38)39/h1-28H. The molecule has 0 atom stereocenters. The molecule has 9 aromatic rings. The van der Waals surface area contributed by atoms with Crippen LogP contribution in [0.3, 0.4) is 0 Å². The van der Waals surface area contributed by atoms with Crippen molar-refractivity contribution in [2.75, 3.05) is 0 Å². The first kappa shape index (κ1) is 26.0. The van der Waals surface area contributed by atoms with E-state index in [9.17, 15) is 0 Å². The lowest BCUT2D eigenvalue weighted by Gasteiger charge is -2.12. The largest absolute Gasteiger partial charge is 0.309 e. The molecule has 2 nitrogen and oxygen atoms in total. The Balaban J connectivity index is 1.12. The van der Waals surface area contributed by atoms with Gasteiger partial charge in [0.1, 0.15) is 0 Å². The summed E-state index contributed by atoms with van der Waals surface area (Å²) in [5.74, 6) is 0. The molecule has 2 heterocycles. The molecule has 1 aliphatic carbocycles. The zero-order valence-corrected chi connectivity index (χ0v) is 25.6. The summed E-state index contributed by atoms with van der Waals surface area (Å²) in [6, 6.07) is 59.2. The van der Waals surface area contributed by atoms with Crippen LogP contribution in [0.4, 0.5) is 0 Å². The molecular weight excluding hydrogens is 569 g/mol. The molecule has 7 aromatic carbocycles. The van der Waals surface area contributed by atoms with Gasteiger partial charge in [0.2, 0.25) is 0 Å². The summed E-state index contributed by atoms with van der Waals surface area (Å²) in [7, 11) is 0. The summed E-state index contributed by atoms with van der Waals surface area (Å²) in [6.07, 6.45) is 2.06. The second-order valence-electron chi connectivity index (χ2n) is 12.4. The van der Waals surface area contributed by atoms with Gasteiger partial charge in [-0.3, -0.25) is 4.98 Å². The molecule has 0 unspecified atom stereocenters. The zero-order valence-electron chi connectivity index (χ0n) is 25.6. The molecule has 0 radical (unpaired) electrons. The minimum Gasteiger partial charge on any atom is -0.309 e. The molecule has 2 heteroatoms. The van der Waals surface area contributed by atoms with E-state index in [1.807, 2.05) is 0 Å². The Hall–Kier alpha value is -6.25. The number of nitrogens with zero attached hydrogens (tertiary/aromatic N) is 2. The summed E-state index contributed by atoms with van der Waals surface area (Å²) in [5.41, 5.74) is 15.6. The van der Waals surface area contributed by atoms with E-state index in [2.05, 4.69) is 175 Å². The van der Waals surface area contributed by atoms with Gasteiger partial charge >= 0.3 is 0 Å². The van der Waals surface area contributed by atoms with Gasteiger partial charge in [0.05, 0.1) is 16.7 Å². The van der Waals surface area contributed by atoms with Crippen molar-refractivity contribution in [2.24, 2.45) is 0 Å². The predicted molar refractivity (Wildman–Crippen MR) is 197 cm³/mol. The first-order chi connectivity index (χ1) is 23.3. The van der Waals surface area contributed by atoms with E-state index >= 15 is 0 Å². The number of pyridine rings is 1. The number of fused-ring (bicyclic) bond motifs is 6. The van der Waals surface area contributed by atoms with E-state index in [1.165, 1.54) is 77.1 Å². The fourth-order valence-electron chi connectivity index (χ4n) is 7.65. The Morgan fingerprint density at radius 1 is 0.362 bits per heavy atom. The maximum Gasteiger partial charge on any atom is 0.0781 e. The SMILES string of the molecule is c1ccc(-c2cccc(-c3ccc4c(c3)c3ccccc3n4-c3cccc(-c4ncc5c6c(cccc46)-c4ccccc4-5)c3)c2)cc1. The Morgan fingerprint density at radius 2 is 0.979 bits per heavy atom. The van der Waals surface area contributed by atoms with Crippen molar-refractivity contribution >= 4 is 32.6 Å². The average molecular weight is 597 g/mol. The van der Waals surface area contributed by atoms with Crippen LogP contribution >= 0.6 is 0 Å². The van der Waals surface area contributed by atoms with Crippen molar-refractivity contribution in [2.45, 2.75) is 0 Å². The van der Waals surface area contributed by atoms with Gasteiger partial charge in [-0.1, -0.05) is 127 Å². The van der Waals surface area contributed by atoms with Crippen LogP contribution in [-0.4, -0.2) is 9.55 Å². The van der Waals surface area contributed by atoms with Crippen LogP contribution in [0.15, 0.2) is 170 Å². The van der Waals surface area contributed by atoms with Gasteiger partial charge in [0, 0.05) is 44.6 Å². The molecule has 1 aliphatic rings. The smallest absolute Gasteiger partial charge is 0.0781 e. The van der Waals surface area contributed by atoms with Crippen molar-refractivity contribution in [1.29, 1.82) is 0 Å². The van der Waals surface area contributed by atoms with Crippen LogP contribution in [-0.2, 0) is 0 Å². The highest BCUT2D eigenvalue weighted by Gasteiger charge is 2.23.